The van der Waals surface area contributed by atoms with E-state index < -0.39 is 6.16 Å². The Bertz CT molecular complexity index is 1440. The fraction of sp³-hybridized carbons (Fsp3) is 0.543. The second-order valence-corrected chi connectivity index (χ2v) is 13.0. The predicted octanol–water partition coefficient (Wildman–Crippen LogP) is 8.25. The van der Waals surface area contributed by atoms with Gasteiger partial charge in [-0.1, -0.05) is 62.9 Å². The van der Waals surface area contributed by atoms with Gasteiger partial charge in [0, 0.05) is 38.3 Å². The van der Waals surface area contributed by atoms with Crippen LogP contribution in [0.1, 0.15) is 59.3 Å². The predicted molar refractivity (Wildman–Crippen MR) is 183 cm³/mol. The van der Waals surface area contributed by atoms with Gasteiger partial charge < -0.3 is 19.1 Å². The highest BCUT2D eigenvalue weighted by Gasteiger charge is 2.19. The van der Waals surface area contributed by atoms with Crippen LogP contribution in [0.25, 0.3) is 10.9 Å². The van der Waals surface area contributed by atoms with E-state index in [-0.39, 0.29) is 12.3 Å². The minimum atomic E-state index is -0.769. The summed E-state index contributed by atoms with van der Waals surface area (Å²) in [7, 11) is 0. The van der Waals surface area contributed by atoms with Crippen LogP contribution in [0.4, 0.5) is 10.5 Å². The second kappa shape index (κ2) is 17.7. The van der Waals surface area contributed by atoms with Crippen molar-refractivity contribution in [3.8, 4) is 5.75 Å². The van der Waals surface area contributed by atoms with Crippen LogP contribution in [-0.2, 0) is 16.2 Å². The molecule has 45 heavy (non-hydrogen) atoms. The van der Waals surface area contributed by atoms with Gasteiger partial charge in [0.25, 0.3) is 5.56 Å². The lowest BCUT2D eigenvalue weighted by Gasteiger charge is -2.36. The van der Waals surface area contributed by atoms with E-state index in [1.165, 1.54) is 23.5 Å². The first-order valence-electron chi connectivity index (χ1n) is 16.2. The number of fused-ring (bicyclic) bond motifs is 1. The third kappa shape index (κ3) is 10.5. The summed E-state index contributed by atoms with van der Waals surface area (Å²) in [5.74, 6) is 1.80. The molecule has 4 rings (SSSR count). The molecule has 1 fully saturated rings. The number of hydrogen-bond donors (Lipinski definition) is 0. The van der Waals surface area contributed by atoms with Gasteiger partial charge in [-0.05, 0) is 79.8 Å². The van der Waals surface area contributed by atoms with Gasteiger partial charge >= 0.3 is 6.16 Å². The number of nitrogens with zero attached hydrogens (tertiary/aromatic N) is 3. The largest absolute Gasteiger partial charge is 0.510 e. The molecule has 0 N–H and O–H groups in total. The molecule has 246 valence electrons. The van der Waals surface area contributed by atoms with Crippen molar-refractivity contribution < 1.29 is 19.0 Å². The van der Waals surface area contributed by atoms with Gasteiger partial charge in [-0.3, -0.25) is 14.3 Å². The number of unbranched alkanes of at least 4 members (excludes halogenated alkanes) is 1. The zero-order chi connectivity index (χ0) is 32.2. The number of benzene rings is 2. The Morgan fingerprint density at radius 2 is 1.67 bits per heavy atom. The van der Waals surface area contributed by atoms with Crippen molar-refractivity contribution in [2.75, 3.05) is 50.8 Å². The van der Waals surface area contributed by atoms with Crippen molar-refractivity contribution in [2.24, 2.45) is 11.8 Å². The van der Waals surface area contributed by atoms with Gasteiger partial charge in [-0.15, -0.1) is 0 Å². The molecule has 0 saturated carbocycles. The molecule has 2 heterocycles. The molecule has 0 radical (unpaired) electrons. The normalized spacial score (nSPS) is 15.2. The molecule has 1 aliphatic heterocycles. The van der Waals surface area contributed by atoms with Crippen LogP contribution in [0.5, 0.6) is 5.75 Å². The zero-order valence-corrected chi connectivity index (χ0v) is 28.3. The molecule has 1 aliphatic rings. The van der Waals surface area contributed by atoms with Crippen molar-refractivity contribution in [2.45, 2.75) is 66.0 Å². The molecule has 2 atom stereocenters. The van der Waals surface area contributed by atoms with E-state index in [1.54, 1.807) is 6.07 Å². The SMILES string of the molecule is CCCC(C)CC(C)CCOC(=O)OCn1c(=O)ccc2ccc(OCCCCN3CCN(c4cccc(Cl)c4Cl)CC3)cc21. The molecule has 8 nitrogen and oxygen atoms in total. The summed E-state index contributed by atoms with van der Waals surface area (Å²) in [6.45, 7) is 12.1. The monoisotopic (exact) mass is 659 g/mol. The van der Waals surface area contributed by atoms with E-state index in [0.717, 1.165) is 69.5 Å². The lowest BCUT2D eigenvalue weighted by atomic mass is 9.92. The summed E-state index contributed by atoms with van der Waals surface area (Å²) in [6.07, 6.45) is 5.44. The van der Waals surface area contributed by atoms with Gasteiger partial charge in [0.2, 0.25) is 0 Å². The maximum atomic E-state index is 12.7. The maximum Gasteiger partial charge on any atom is 0.510 e. The first kappa shape index (κ1) is 34.9. The highest BCUT2D eigenvalue weighted by Crippen LogP contribution is 2.33. The lowest BCUT2D eigenvalue weighted by molar-refractivity contribution is 0.0309. The zero-order valence-electron chi connectivity index (χ0n) is 26.8. The van der Waals surface area contributed by atoms with Gasteiger partial charge in [0.1, 0.15) is 5.75 Å². The first-order chi connectivity index (χ1) is 21.7. The van der Waals surface area contributed by atoms with Crippen molar-refractivity contribution in [3.05, 3.63) is 68.9 Å². The molecule has 0 spiro atoms. The molecule has 2 unspecified atom stereocenters. The van der Waals surface area contributed by atoms with Crippen molar-refractivity contribution in [1.29, 1.82) is 0 Å². The Kier molecular flexibility index (Phi) is 13.7. The molecular weight excluding hydrogens is 613 g/mol. The second-order valence-electron chi connectivity index (χ2n) is 12.2. The molecule has 0 bridgehead atoms. The fourth-order valence-corrected chi connectivity index (χ4v) is 6.40. The van der Waals surface area contributed by atoms with E-state index in [2.05, 4.69) is 30.6 Å². The topological polar surface area (TPSA) is 73.2 Å². The number of aromatic nitrogens is 1. The maximum absolute atomic E-state index is 12.7. The van der Waals surface area contributed by atoms with Crippen LogP contribution in [0.15, 0.2) is 53.3 Å². The van der Waals surface area contributed by atoms with Crippen molar-refractivity contribution in [3.63, 3.8) is 0 Å². The third-order valence-electron chi connectivity index (χ3n) is 8.47. The van der Waals surface area contributed by atoms with E-state index in [1.807, 2.05) is 36.4 Å². The van der Waals surface area contributed by atoms with Gasteiger partial charge in [0.05, 0.1) is 34.5 Å². The van der Waals surface area contributed by atoms with Crippen molar-refractivity contribution in [1.82, 2.24) is 9.47 Å². The van der Waals surface area contributed by atoms with Crippen LogP contribution in [0, 0.1) is 11.8 Å². The fourth-order valence-electron chi connectivity index (χ4n) is 5.99. The van der Waals surface area contributed by atoms with Gasteiger partial charge in [-0.25, -0.2) is 4.79 Å². The van der Waals surface area contributed by atoms with Crippen LogP contribution < -0.4 is 15.2 Å². The average molecular weight is 661 g/mol. The quantitative estimate of drug-likeness (QED) is 0.113. The van der Waals surface area contributed by atoms with Crippen LogP contribution in [0.3, 0.4) is 0 Å². The number of carbonyl (C=O) groups excluding carboxylic acids is 1. The number of rotatable bonds is 16. The summed E-state index contributed by atoms with van der Waals surface area (Å²) in [4.78, 5) is 29.7. The van der Waals surface area contributed by atoms with E-state index in [0.29, 0.717) is 46.4 Å². The van der Waals surface area contributed by atoms with Crippen molar-refractivity contribution >= 4 is 45.9 Å². The number of ether oxygens (including phenoxy) is 3. The highest BCUT2D eigenvalue weighted by atomic mass is 35.5. The molecule has 10 heteroatoms. The summed E-state index contributed by atoms with van der Waals surface area (Å²) in [5, 5.41) is 2.06. The Balaban J connectivity index is 1.19. The number of hydrogen-bond acceptors (Lipinski definition) is 7. The minimum Gasteiger partial charge on any atom is -0.494 e. The summed E-state index contributed by atoms with van der Waals surface area (Å²) >= 11 is 12.6. The Labute approximate surface area is 277 Å². The molecule has 3 aromatic rings. The molecule has 0 amide bonds. The van der Waals surface area contributed by atoms with Gasteiger partial charge in [-0.2, -0.15) is 0 Å². The van der Waals surface area contributed by atoms with E-state index in [4.69, 9.17) is 37.4 Å². The number of piperazine rings is 1. The number of carbonyl (C=O) groups is 1. The number of halogens is 2. The summed E-state index contributed by atoms with van der Waals surface area (Å²) in [5.41, 5.74) is 1.38. The van der Waals surface area contributed by atoms with Crippen LogP contribution in [0.2, 0.25) is 10.0 Å². The summed E-state index contributed by atoms with van der Waals surface area (Å²) in [6, 6.07) is 14.6. The molecule has 1 saturated heterocycles. The Morgan fingerprint density at radius 1 is 0.911 bits per heavy atom. The van der Waals surface area contributed by atoms with E-state index >= 15 is 0 Å². The molecule has 1 aromatic heterocycles. The van der Waals surface area contributed by atoms with Gasteiger partial charge in [0.15, 0.2) is 6.73 Å². The van der Waals surface area contributed by atoms with Crippen LogP contribution >= 0.6 is 23.2 Å². The number of pyridine rings is 1. The first-order valence-corrected chi connectivity index (χ1v) is 17.0. The average Bonchev–Trinajstić information content (AvgIpc) is 3.02. The lowest BCUT2D eigenvalue weighted by Crippen LogP contribution is -2.46. The standard InChI is InChI=1S/C35H47Cl2N3O5/c1-4-8-26(2)23-27(3)15-22-44-35(42)45-25-40-32-24-29(13-11-28(32)12-14-33(40)41)43-21-6-5-16-38-17-19-39(20-18-38)31-10-7-9-30(36)34(31)37/h7,9-14,24,26-27H,4-6,8,15-23,25H2,1-3H3. The van der Waals surface area contributed by atoms with E-state index in [9.17, 15) is 9.59 Å². The van der Waals surface area contributed by atoms with Crippen LogP contribution in [-0.4, -0.2) is 61.6 Å². The Morgan fingerprint density at radius 3 is 2.44 bits per heavy atom. The molecular formula is C35H47Cl2N3O5. The molecule has 2 aromatic carbocycles. The highest BCUT2D eigenvalue weighted by molar-refractivity contribution is 6.43. The summed E-state index contributed by atoms with van der Waals surface area (Å²) < 4.78 is 18.1. The minimum absolute atomic E-state index is 0.224. The smallest absolute Gasteiger partial charge is 0.494 e. The number of anilines is 1. The third-order valence-corrected chi connectivity index (χ3v) is 9.28. The molecule has 0 aliphatic carbocycles. The Hall–Kier alpha value is -2.94.